The zero-order chi connectivity index (χ0) is 21.8. The van der Waals surface area contributed by atoms with Crippen LogP contribution in [-0.2, 0) is 33.4 Å². The zero-order valence-corrected chi connectivity index (χ0v) is 15.8. The molecule has 0 N–H and O–H groups in total. The second kappa shape index (κ2) is 6.73. The first-order valence-electron chi connectivity index (χ1n) is 9.00. The van der Waals surface area contributed by atoms with Crippen LogP contribution < -0.4 is 4.90 Å². The summed E-state index contributed by atoms with van der Waals surface area (Å²) < 4.78 is 16.1. The number of nitro groups is 1. The zero-order valence-electron chi connectivity index (χ0n) is 15.8. The van der Waals surface area contributed by atoms with E-state index in [4.69, 9.17) is 14.2 Å². The van der Waals surface area contributed by atoms with Gasteiger partial charge < -0.3 is 14.2 Å². The largest absolute Gasteiger partial charge is 0.422 e. The number of amides is 2. The predicted octanol–water partition coefficient (Wildman–Crippen LogP) is 0.860. The normalized spacial score (nSPS) is 28.8. The monoisotopic (exact) mass is 416 g/mol. The van der Waals surface area contributed by atoms with Crippen molar-refractivity contribution in [2.45, 2.75) is 31.8 Å². The Kier molecular flexibility index (Phi) is 4.42. The van der Waals surface area contributed by atoms with E-state index in [1.54, 1.807) is 0 Å². The number of para-hydroxylation sites is 2. The summed E-state index contributed by atoms with van der Waals surface area (Å²) in [6.07, 6.45) is 0.512. The molecule has 156 valence electrons. The number of anilines is 1. The number of esters is 2. The van der Waals surface area contributed by atoms with E-state index >= 15 is 0 Å². The van der Waals surface area contributed by atoms with E-state index in [1.807, 2.05) is 0 Å². The lowest BCUT2D eigenvalue weighted by atomic mass is 9.76. The molecule has 3 aliphatic heterocycles. The third kappa shape index (κ3) is 2.70. The molecule has 2 amide bonds. The van der Waals surface area contributed by atoms with Gasteiger partial charge in [0.05, 0.1) is 22.9 Å². The highest BCUT2D eigenvalue weighted by molar-refractivity contribution is 6.24. The fourth-order valence-electron chi connectivity index (χ4n) is 4.26. The van der Waals surface area contributed by atoms with E-state index in [2.05, 4.69) is 0 Å². The standard InChI is InChI=1S/C19H16N2O9/c1-9(22)28-18(29-10(2)23)19-8-7-13(30-19)14-15(19)17(25)20(16(14)24)11-5-3-4-6-12(11)21(26)27/h3-8,13-15,18H,1-2H3/t13-,14+,15+,19+/m0/s1. The Labute approximate surface area is 169 Å². The van der Waals surface area contributed by atoms with Gasteiger partial charge in [-0.1, -0.05) is 18.2 Å². The van der Waals surface area contributed by atoms with Gasteiger partial charge in [-0.2, -0.15) is 0 Å². The highest BCUT2D eigenvalue weighted by Crippen LogP contribution is 2.55. The van der Waals surface area contributed by atoms with E-state index in [0.29, 0.717) is 0 Å². The molecule has 4 rings (SSSR count). The summed E-state index contributed by atoms with van der Waals surface area (Å²) >= 11 is 0. The van der Waals surface area contributed by atoms with Gasteiger partial charge in [0.25, 0.3) is 12.0 Å². The number of carbonyl (C=O) groups is 4. The molecule has 0 aliphatic carbocycles. The molecule has 1 aromatic rings. The number of nitro benzene ring substituents is 1. The van der Waals surface area contributed by atoms with Gasteiger partial charge in [0.15, 0.2) is 5.60 Å². The minimum Gasteiger partial charge on any atom is -0.422 e. The van der Waals surface area contributed by atoms with Gasteiger partial charge in [0.2, 0.25) is 11.8 Å². The van der Waals surface area contributed by atoms with Crippen molar-refractivity contribution in [1.29, 1.82) is 0 Å². The number of hydrogen-bond donors (Lipinski definition) is 0. The average molecular weight is 416 g/mol. The van der Waals surface area contributed by atoms with Gasteiger partial charge in [-0.25, -0.2) is 4.90 Å². The molecule has 4 atom stereocenters. The molecule has 2 saturated heterocycles. The maximum absolute atomic E-state index is 13.3. The van der Waals surface area contributed by atoms with Crippen LogP contribution in [0.1, 0.15) is 13.8 Å². The first-order chi connectivity index (χ1) is 14.2. The van der Waals surface area contributed by atoms with Crippen molar-refractivity contribution in [1.82, 2.24) is 0 Å². The third-order valence-electron chi connectivity index (χ3n) is 5.31. The Morgan fingerprint density at radius 1 is 1.17 bits per heavy atom. The van der Waals surface area contributed by atoms with Crippen molar-refractivity contribution in [2.24, 2.45) is 11.8 Å². The van der Waals surface area contributed by atoms with Crippen LogP contribution in [0.5, 0.6) is 0 Å². The van der Waals surface area contributed by atoms with Crippen molar-refractivity contribution in [3.8, 4) is 0 Å². The minimum atomic E-state index is -1.71. The minimum absolute atomic E-state index is 0.169. The number of fused-ring (bicyclic) bond motifs is 5. The maximum Gasteiger partial charge on any atom is 0.305 e. The first kappa shape index (κ1) is 19.7. The van der Waals surface area contributed by atoms with E-state index in [9.17, 15) is 29.3 Å². The molecule has 0 aromatic heterocycles. The Balaban J connectivity index is 1.78. The summed E-state index contributed by atoms with van der Waals surface area (Å²) in [5.41, 5.74) is -2.29. The molecule has 0 unspecified atom stereocenters. The average Bonchev–Trinajstić information content (AvgIpc) is 3.31. The Morgan fingerprint density at radius 2 is 1.80 bits per heavy atom. The molecule has 0 radical (unpaired) electrons. The smallest absolute Gasteiger partial charge is 0.305 e. The molecule has 11 heteroatoms. The highest BCUT2D eigenvalue weighted by Gasteiger charge is 2.72. The summed E-state index contributed by atoms with van der Waals surface area (Å²) in [6, 6.07) is 5.37. The van der Waals surface area contributed by atoms with Crippen molar-refractivity contribution in [3.05, 3.63) is 46.5 Å². The van der Waals surface area contributed by atoms with Crippen molar-refractivity contribution in [3.63, 3.8) is 0 Å². The van der Waals surface area contributed by atoms with Crippen LogP contribution in [-0.4, -0.2) is 46.7 Å². The number of ether oxygens (including phenoxy) is 3. The third-order valence-corrected chi connectivity index (χ3v) is 5.31. The summed E-state index contributed by atoms with van der Waals surface area (Å²) in [7, 11) is 0. The molecular weight excluding hydrogens is 400 g/mol. The second-order valence-electron chi connectivity index (χ2n) is 7.11. The maximum atomic E-state index is 13.3. The number of carbonyl (C=O) groups excluding carboxylic acids is 4. The SMILES string of the molecule is CC(=O)OC(OC(C)=O)[C@]12C=C[C@H](O1)[C@H]1C(=O)N(c3ccccc3[N+](=O)[O-])C(=O)[C@@H]12. The summed E-state index contributed by atoms with van der Waals surface area (Å²) in [5.74, 6) is -5.21. The van der Waals surface area contributed by atoms with Crippen LogP contribution in [0, 0.1) is 22.0 Å². The van der Waals surface area contributed by atoms with Crippen LogP contribution >= 0.6 is 0 Å². The van der Waals surface area contributed by atoms with Crippen LogP contribution in [0.25, 0.3) is 0 Å². The molecule has 30 heavy (non-hydrogen) atoms. The van der Waals surface area contributed by atoms with Crippen LogP contribution in [0.3, 0.4) is 0 Å². The van der Waals surface area contributed by atoms with E-state index in [0.717, 1.165) is 18.7 Å². The van der Waals surface area contributed by atoms with Gasteiger partial charge in [0.1, 0.15) is 5.69 Å². The topological polar surface area (TPSA) is 142 Å². The number of nitrogens with zero attached hydrogens (tertiary/aromatic N) is 2. The van der Waals surface area contributed by atoms with Crippen molar-refractivity contribution in [2.75, 3.05) is 4.90 Å². The molecular formula is C19H16N2O9. The summed E-state index contributed by atoms with van der Waals surface area (Å²) in [6.45, 7) is 2.19. The summed E-state index contributed by atoms with van der Waals surface area (Å²) in [5, 5.41) is 11.4. The van der Waals surface area contributed by atoms with Crippen LogP contribution in [0.15, 0.2) is 36.4 Å². The molecule has 11 nitrogen and oxygen atoms in total. The van der Waals surface area contributed by atoms with Gasteiger partial charge >= 0.3 is 11.9 Å². The Bertz CT molecular complexity index is 1000. The van der Waals surface area contributed by atoms with Crippen molar-refractivity contribution >= 4 is 35.1 Å². The van der Waals surface area contributed by atoms with Gasteiger partial charge in [0, 0.05) is 19.9 Å². The molecule has 3 heterocycles. The van der Waals surface area contributed by atoms with E-state index < -0.39 is 64.2 Å². The van der Waals surface area contributed by atoms with Gasteiger partial charge in [-0.05, 0) is 12.1 Å². The lowest BCUT2D eigenvalue weighted by Crippen LogP contribution is -2.52. The highest BCUT2D eigenvalue weighted by atomic mass is 16.7. The molecule has 0 spiro atoms. The number of hydrogen-bond acceptors (Lipinski definition) is 9. The number of benzene rings is 1. The Morgan fingerprint density at radius 3 is 2.40 bits per heavy atom. The first-order valence-corrected chi connectivity index (χ1v) is 9.00. The van der Waals surface area contributed by atoms with Crippen LogP contribution in [0.2, 0.25) is 0 Å². The van der Waals surface area contributed by atoms with Crippen molar-refractivity contribution < 1.29 is 38.3 Å². The fraction of sp³-hybridized carbons (Fsp3) is 0.368. The second-order valence-corrected chi connectivity index (χ2v) is 7.11. The molecule has 2 bridgehead atoms. The molecule has 1 aromatic carbocycles. The molecule has 3 aliphatic rings. The number of imide groups is 1. The lowest BCUT2D eigenvalue weighted by Gasteiger charge is -2.34. The predicted molar refractivity (Wildman–Crippen MR) is 96.6 cm³/mol. The quantitative estimate of drug-likeness (QED) is 0.170. The van der Waals surface area contributed by atoms with Crippen LogP contribution in [0.4, 0.5) is 11.4 Å². The van der Waals surface area contributed by atoms with Gasteiger partial charge in [-0.3, -0.25) is 29.3 Å². The summed E-state index contributed by atoms with van der Waals surface area (Å²) in [4.78, 5) is 61.1. The Hall–Kier alpha value is -3.60. The molecule has 0 saturated carbocycles. The molecule has 2 fully saturated rings. The fourth-order valence-corrected chi connectivity index (χ4v) is 4.26. The number of rotatable bonds is 5. The lowest BCUT2D eigenvalue weighted by molar-refractivity contribution is -0.384. The van der Waals surface area contributed by atoms with Gasteiger partial charge in [-0.15, -0.1) is 0 Å². The van der Waals surface area contributed by atoms with E-state index in [1.165, 1.54) is 36.4 Å². The van der Waals surface area contributed by atoms with E-state index in [-0.39, 0.29) is 5.69 Å².